The number of nitrogens with two attached hydrogens (primary N) is 1. The Labute approximate surface area is 124 Å². The Bertz CT molecular complexity index is 585. The van der Waals surface area contributed by atoms with Crippen LogP contribution in [0.15, 0.2) is 18.2 Å². The second-order valence-corrected chi connectivity index (χ2v) is 4.85. The average molecular weight is 288 g/mol. The van der Waals surface area contributed by atoms with Crippen LogP contribution in [0.3, 0.4) is 0 Å². The van der Waals surface area contributed by atoms with E-state index in [0.717, 1.165) is 11.1 Å². The lowest BCUT2D eigenvalue weighted by atomic mass is 10.0. The van der Waals surface area contributed by atoms with E-state index in [4.69, 9.17) is 10.8 Å². The Hall–Kier alpha value is -2.32. The average Bonchev–Trinajstić information content (AvgIpc) is 2.39. The van der Waals surface area contributed by atoms with Crippen LogP contribution in [0.2, 0.25) is 0 Å². The van der Waals surface area contributed by atoms with Gasteiger partial charge in [-0.15, -0.1) is 0 Å². The molecule has 0 aliphatic carbocycles. The third-order valence-corrected chi connectivity index (χ3v) is 2.83. The minimum atomic E-state index is -0.450. The molecule has 1 aromatic rings. The molecule has 1 unspecified atom stereocenters. The number of benzene rings is 1. The Balaban J connectivity index is 2.77. The van der Waals surface area contributed by atoms with Gasteiger partial charge in [0.25, 0.3) is 5.91 Å². The molecule has 2 amide bonds. The zero-order chi connectivity index (χ0) is 15.8. The third kappa shape index (κ3) is 5.67. The first kappa shape index (κ1) is 16.7. The summed E-state index contributed by atoms with van der Waals surface area (Å²) in [4.78, 5) is 22.8. The van der Waals surface area contributed by atoms with E-state index in [0.29, 0.717) is 12.0 Å². The fraction of sp³-hybridized carbons (Fsp3) is 0.375. The molecule has 21 heavy (non-hydrogen) atoms. The van der Waals surface area contributed by atoms with Crippen molar-refractivity contribution in [2.24, 2.45) is 5.73 Å². The fourth-order valence-corrected chi connectivity index (χ4v) is 1.82. The molecule has 0 fully saturated rings. The Morgan fingerprint density at radius 1 is 1.43 bits per heavy atom. The van der Waals surface area contributed by atoms with E-state index in [-0.39, 0.29) is 25.0 Å². The molecule has 5 nitrogen and oxygen atoms in total. The number of primary amides is 1. The molecule has 1 rings (SSSR count). The highest BCUT2D eigenvalue weighted by Crippen LogP contribution is 2.10. The van der Waals surface area contributed by atoms with Crippen LogP contribution in [0.5, 0.6) is 0 Å². The first-order valence-corrected chi connectivity index (χ1v) is 6.73. The second-order valence-electron chi connectivity index (χ2n) is 4.85. The highest BCUT2D eigenvalue weighted by atomic mass is 16.2. The van der Waals surface area contributed by atoms with Crippen molar-refractivity contribution in [1.82, 2.24) is 5.32 Å². The number of hydrogen-bond donors (Lipinski definition) is 3. The van der Waals surface area contributed by atoms with Crippen LogP contribution in [-0.2, 0) is 4.79 Å². The van der Waals surface area contributed by atoms with Gasteiger partial charge in [-0.3, -0.25) is 9.59 Å². The molecule has 0 aliphatic rings. The molecule has 0 saturated heterocycles. The minimum Gasteiger partial charge on any atom is -0.395 e. The van der Waals surface area contributed by atoms with Gasteiger partial charge in [-0.05, 0) is 37.6 Å². The summed E-state index contributed by atoms with van der Waals surface area (Å²) < 4.78 is 0. The van der Waals surface area contributed by atoms with Gasteiger partial charge < -0.3 is 16.2 Å². The van der Waals surface area contributed by atoms with E-state index in [9.17, 15) is 9.59 Å². The summed E-state index contributed by atoms with van der Waals surface area (Å²) in [6.45, 7) is 3.63. The van der Waals surface area contributed by atoms with Crippen LogP contribution in [-0.4, -0.2) is 29.6 Å². The molecule has 4 N–H and O–H groups in total. The molecule has 112 valence electrons. The summed E-state index contributed by atoms with van der Waals surface area (Å²) in [7, 11) is 0. The number of aliphatic hydroxyl groups is 1. The van der Waals surface area contributed by atoms with E-state index in [2.05, 4.69) is 17.2 Å². The lowest BCUT2D eigenvalue weighted by Crippen LogP contribution is -2.35. The van der Waals surface area contributed by atoms with E-state index < -0.39 is 5.91 Å². The predicted molar refractivity (Wildman–Crippen MR) is 80.5 cm³/mol. The van der Waals surface area contributed by atoms with Crippen LogP contribution >= 0.6 is 0 Å². The number of amides is 2. The largest absolute Gasteiger partial charge is 0.395 e. The fourth-order valence-electron chi connectivity index (χ4n) is 1.82. The lowest BCUT2D eigenvalue weighted by Gasteiger charge is -2.12. The molecule has 0 aromatic heterocycles. The van der Waals surface area contributed by atoms with Crippen LogP contribution in [0.4, 0.5) is 0 Å². The summed E-state index contributed by atoms with van der Waals surface area (Å²) in [6, 6.07) is 4.89. The van der Waals surface area contributed by atoms with Gasteiger partial charge >= 0.3 is 0 Å². The Morgan fingerprint density at radius 2 is 2.14 bits per heavy atom. The quantitative estimate of drug-likeness (QED) is 0.697. The minimum absolute atomic E-state index is 0.0320. The standard InChI is InChI=1S/C16H20N2O3/c1-11-9-14(7-6-13(11)5-3-4-8-19)16(21)18-12(2)10-15(17)20/h6-7,9,12,19H,4,8,10H2,1-2H3,(H2,17,20)(H,18,21). The zero-order valence-electron chi connectivity index (χ0n) is 12.3. The molecule has 1 aromatic carbocycles. The highest BCUT2D eigenvalue weighted by molar-refractivity contribution is 5.95. The first-order chi connectivity index (χ1) is 9.93. The highest BCUT2D eigenvalue weighted by Gasteiger charge is 2.12. The van der Waals surface area contributed by atoms with Gasteiger partial charge in [0.15, 0.2) is 0 Å². The first-order valence-electron chi connectivity index (χ1n) is 6.73. The van der Waals surface area contributed by atoms with Crippen molar-refractivity contribution in [2.45, 2.75) is 32.7 Å². The summed E-state index contributed by atoms with van der Waals surface area (Å²) in [6.07, 6.45) is 0.530. The number of carbonyl (C=O) groups excluding carboxylic acids is 2. The summed E-state index contributed by atoms with van der Waals surface area (Å²) in [5.41, 5.74) is 7.31. The van der Waals surface area contributed by atoms with Gasteiger partial charge in [0, 0.05) is 30.0 Å². The molecule has 5 heteroatoms. The predicted octanol–water partition coefficient (Wildman–Crippen LogP) is 0.723. The van der Waals surface area contributed by atoms with E-state index in [1.54, 1.807) is 25.1 Å². The molecule has 0 aliphatic heterocycles. The summed E-state index contributed by atoms with van der Waals surface area (Å²) in [5, 5.41) is 11.4. The molecule has 0 radical (unpaired) electrons. The summed E-state index contributed by atoms with van der Waals surface area (Å²) in [5.74, 6) is 5.09. The molecule has 0 bridgehead atoms. The number of hydrogen-bond acceptors (Lipinski definition) is 3. The van der Waals surface area contributed by atoms with Gasteiger partial charge in [-0.2, -0.15) is 0 Å². The SMILES string of the molecule is Cc1cc(C(=O)NC(C)CC(N)=O)ccc1C#CCCO. The van der Waals surface area contributed by atoms with Crippen molar-refractivity contribution < 1.29 is 14.7 Å². The number of nitrogens with one attached hydrogen (secondary N) is 1. The zero-order valence-corrected chi connectivity index (χ0v) is 12.3. The van der Waals surface area contributed by atoms with Crippen LogP contribution in [0.25, 0.3) is 0 Å². The molecule has 0 heterocycles. The van der Waals surface area contributed by atoms with Crippen molar-refractivity contribution in [3.63, 3.8) is 0 Å². The van der Waals surface area contributed by atoms with Crippen molar-refractivity contribution in [2.75, 3.05) is 6.61 Å². The van der Waals surface area contributed by atoms with E-state index >= 15 is 0 Å². The number of rotatable bonds is 5. The molecule has 1 atom stereocenters. The molecular formula is C16H20N2O3. The van der Waals surface area contributed by atoms with Gasteiger partial charge in [-0.1, -0.05) is 11.8 Å². The smallest absolute Gasteiger partial charge is 0.251 e. The van der Waals surface area contributed by atoms with Gasteiger partial charge in [0.1, 0.15) is 0 Å². The van der Waals surface area contributed by atoms with Crippen molar-refractivity contribution in [3.05, 3.63) is 34.9 Å². The maximum atomic E-state index is 12.0. The second kappa shape index (κ2) is 8.08. The normalized spacial score (nSPS) is 11.2. The number of carbonyl (C=O) groups is 2. The summed E-state index contributed by atoms with van der Waals surface area (Å²) >= 11 is 0. The topological polar surface area (TPSA) is 92.4 Å². The van der Waals surface area contributed by atoms with Crippen molar-refractivity contribution in [1.29, 1.82) is 0 Å². The molecule has 0 spiro atoms. The maximum absolute atomic E-state index is 12.0. The Morgan fingerprint density at radius 3 is 2.71 bits per heavy atom. The maximum Gasteiger partial charge on any atom is 0.251 e. The number of aryl methyl sites for hydroxylation is 1. The van der Waals surface area contributed by atoms with Gasteiger partial charge in [-0.25, -0.2) is 0 Å². The van der Waals surface area contributed by atoms with Gasteiger partial charge in [0.2, 0.25) is 5.91 Å². The van der Waals surface area contributed by atoms with Crippen LogP contribution < -0.4 is 11.1 Å². The Kier molecular flexibility index (Phi) is 6.44. The molecule has 0 saturated carbocycles. The van der Waals surface area contributed by atoms with Crippen LogP contribution in [0.1, 0.15) is 41.3 Å². The third-order valence-electron chi connectivity index (χ3n) is 2.83. The monoisotopic (exact) mass is 288 g/mol. The lowest BCUT2D eigenvalue weighted by molar-refractivity contribution is -0.118. The molecular weight excluding hydrogens is 268 g/mol. The number of aliphatic hydroxyl groups excluding tert-OH is 1. The van der Waals surface area contributed by atoms with Crippen molar-refractivity contribution in [3.8, 4) is 11.8 Å². The van der Waals surface area contributed by atoms with E-state index in [1.807, 2.05) is 6.92 Å². The van der Waals surface area contributed by atoms with Gasteiger partial charge in [0.05, 0.1) is 6.61 Å². The van der Waals surface area contributed by atoms with Crippen LogP contribution in [0, 0.1) is 18.8 Å². The van der Waals surface area contributed by atoms with E-state index in [1.165, 1.54) is 0 Å². The van der Waals surface area contributed by atoms with Crippen molar-refractivity contribution >= 4 is 11.8 Å².